The van der Waals surface area contributed by atoms with Gasteiger partial charge in [-0.05, 0) is 55.9 Å². The van der Waals surface area contributed by atoms with Gasteiger partial charge in [0.2, 0.25) is 11.8 Å². The van der Waals surface area contributed by atoms with Crippen molar-refractivity contribution < 1.29 is 9.59 Å². The Bertz CT molecular complexity index is 861. The molecule has 0 aromatic heterocycles. The Balaban J connectivity index is 1.48. The zero-order valence-electron chi connectivity index (χ0n) is 17.9. The third kappa shape index (κ3) is 5.47. The molecule has 0 spiro atoms. The molecule has 2 aromatic carbocycles. The summed E-state index contributed by atoms with van der Waals surface area (Å²) >= 11 is 0. The Hall–Kier alpha value is -2.62. The Morgan fingerprint density at radius 3 is 1.86 bits per heavy atom. The van der Waals surface area contributed by atoms with Crippen molar-refractivity contribution in [3.05, 3.63) is 70.8 Å². The lowest BCUT2D eigenvalue weighted by Crippen LogP contribution is -2.55. The number of nitrogens with zero attached hydrogens (tertiary/aromatic N) is 2. The van der Waals surface area contributed by atoms with Gasteiger partial charge in [0.15, 0.2) is 0 Å². The maximum atomic E-state index is 12.7. The minimum absolute atomic E-state index is 0.0653. The molecular weight excluding hydrogens is 360 g/mol. The molecule has 1 heterocycles. The molecule has 0 unspecified atom stereocenters. The van der Waals surface area contributed by atoms with Gasteiger partial charge in [0.05, 0.1) is 0 Å². The Morgan fingerprint density at radius 1 is 0.828 bits per heavy atom. The summed E-state index contributed by atoms with van der Waals surface area (Å²) in [6, 6.07) is 16.5. The van der Waals surface area contributed by atoms with E-state index in [1.165, 1.54) is 22.3 Å². The molecule has 1 atom stereocenters. The van der Waals surface area contributed by atoms with Crippen LogP contribution in [0.2, 0.25) is 0 Å². The van der Waals surface area contributed by atoms with E-state index in [4.69, 9.17) is 0 Å². The van der Waals surface area contributed by atoms with E-state index in [1.807, 2.05) is 41.0 Å². The highest BCUT2D eigenvalue weighted by Crippen LogP contribution is 2.16. The van der Waals surface area contributed by atoms with Crippen LogP contribution in [-0.4, -0.2) is 47.3 Å². The van der Waals surface area contributed by atoms with Crippen LogP contribution in [0.15, 0.2) is 48.5 Å². The summed E-state index contributed by atoms with van der Waals surface area (Å²) in [7, 11) is 0. The molecule has 0 bridgehead atoms. The second kappa shape index (κ2) is 9.73. The molecule has 2 amide bonds. The summed E-state index contributed by atoms with van der Waals surface area (Å²) in [5, 5.41) is 0. The quantitative estimate of drug-likeness (QED) is 0.747. The van der Waals surface area contributed by atoms with Crippen molar-refractivity contribution in [3.8, 4) is 0 Å². The minimum atomic E-state index is 0.0653. The summed E-state index contributed by atoms with van der Waals surface area (Å²) in [6.07, 6.45) is 2.60. The van der Waals surface area contributed by atoms with Crippen molar-refractivity contribution in [2.24, 2.45) is 0 Å². The topological polar surface area (TPSA) is 40.6 Å². The van der Waals surface area contributed by atoms with Gasteiger partial charge in [0.25, 0.3) is 0 Å². The number of rotatable bonds is 6. The van der Waals surface area contributed by atoms with Crippen LogP contribution in [0.5, 0.6) is 0 Å². The van der Waals surface area contributed by atoms with Crippen molar-refractivity contribution in [1.29, 1.82) is 0 Å². The molecule has 1 saturated heterocycles. The van der Waals surface area contributed by atoms with Gasteiger partial charge in [-0.2, -0.15) is 0 Å². The maximum Gasteiger partial charge on any atom is 0.223 e. The average molecular weight is 393 g/mol. The molecule has 0 saturated carbocycles. The fourth-order valence-electron chi connectivity index (χ4n) is 4.12. The highest BCUT2D eigenvalue weighted by atomic mass is 16.2. The van der Waals surface area contributed by atoms with E-state index < -0.39 is 0 Å². The molecule has 4 heteroatoms. The van der Waals surface area contributed by atoms with Crippen molar-refractivity contribution in [2.45, 2.75) is 52.5 Å². The zero-order chi connectivity index (χ0) is 20.8. The largest absolute Gasteiger partial charge is 0.339 e. The molecule has 154 valence electrons. The number of carbonyl (C=O) groups is 2. The second-order valence-electron chi connectivity index (χ2n) is 8.13. The van der Waals surface area contributed by atoms with E-state index in [-0.39, 0.29) is 17.9 Å². The number of hydrogen-bond acceptors (Lipinski definition) is 2. The van der Waals surface area contributed by atoms with Crippen molar-refractivity contribution in [3.63, 3.8) is 0 Å². The summed E-state index contributed by atoms with van der Waals surface area (Å²) in [4.78, 5) is 29.3. The van der Waals surface area contributed by atoms with Gasteiger partial charge in [-0.15, -0.1) is 0 Å². The lowest BCUT2D eigenvalue weighted by Gasteiger charge is -2.40. The molecule has 2 aromatic rings. The number of benzene rings is 2. The zero-order valence-corrected chi connectivity index (χ0v) is 17.9. The average Bonchev–Trinajstić information content (AvgIpc) is 2.72. The van der Waals surface area contributed by atoms with Crippen LogP contribution < -0.4 is 0 Å². The summed E-state index contributed by atoms with van der Waals surface area (Å²) in [5.41, 5.74) is 4.94. The Labute approximate surface area is 174 Å². The summed E-state index contributed by atoms with van der Waals surface area (Å²) < 4.78 is 0. The standard InChI is InChI=1S/C25H32N2O2/c1-19-8-4-6-10-22(19)12-14-24(28)26-16-17-27(21(3)18-26)25(29)15-13-23-11-7-5-9-20(23)2/h4-11,21H,12-18H2,1-3H3/t21-/m0/s1. The molecule has 4 nitrogen and oxygen atoms in total. The van der Waals surface area contributed by atoms with Gasteiger partial charge in [-0.1, -0.05) is 48.5 Å². The number of amides is 2. The molecule has 0 N–H and O–H groups in total. The highest BCUT2D eigenvalue weighted by Gasteiger charge is 2.29. The van der Waals surface area contributed by atoms with Crippen LogP contribution in [0.25, 0.3) is 0 Å². The third-order valence-corrected chi connectivity index (χ3v) is 6.04. The van der Waals surface area contributed by atoms with Crippen LogP contribution in [0.3, 0.4) is 0 Å². The number of piperazine rings is 1. The van der Waals surface area contributed by atoms with Crippen LogP contribution in [0.4, 0.5) is 0 Å². The minimum Gasteiger partial charge on any atom is -0.339 e. The molecule has 1 aliphatic rings. The smallest absolute Gasteiger partial charge is 0.223 e. The molecule has 1 aliphatic heterocycles. The van der Waals surface area contributed by atoms with Gasteiger partial charge in [-0.25, -0.2) is 0 Å². The van der Waals surface area contributed by atoms with Crippen LogP contribution in [-0.2, 0) is 22.4 Å². The second-order valence-corrected chi connectivity index (χ2v) is 8.13. The normalized spacial score (nSPS) is 16.7. The van der Waals surface area contributed by atoms with Gasteiger partial charge in [-0.3, -0.25) is 9.59 Å². The van der Waals surface area contributed by atoms with Gasteiger partial charge >= 0.3 is 0 Å². The first-order chi connectivity index (χ1) is 14.0. The number of hydrogen-bond donors (Lipinski definition) is 0. The molecule has 29 heavy (non-hydrogen) atoms. The maximum absolute atomic E-state index is 12.7. The third-order valence-electron chi connectivity index (χ3n) is 6.04. The number of carbonyl (C=O) groups excluding carboxylic acids is 2. The number of aryl methyl sites for hydroxylation is 4. The molecule has 0 radical (unpaired) electrons. The molecule has 0 aliphatic carbocycles. The van der Waals surface area contributed by atoms with E-state index >= 15 is 0 Å². The highest BCUT2D eigenvalue weighted by molar-refractivity contribution is 5.79. The molecule has 3 rings (SSSR count). The van der Waals surface area contributed by atoms with Crippen molar-refractivity contribution in [2.75, 3.05) is 19.6 Å². The van der Waals surface area contributed by atoms with Gasteiger partial charge in [0.1, 0.15) is 0 Å². The lowest BCUT2D eigenvalue weighted by atomic mass is 10.0. The SMILES string of the molecule is Cc1ccccc1CCC(=O)N1CCN(C(=O)CCc2ccccc2C)[C@@H](C)C1. The molecule has 1 fully saturated rings. The Kier molecular flexibility index (Phi) is 7.08. The van der Waals surface area contributed by atoms with Crippen molar-refractivity contribution >= 4 is 11.8 Å². The Morgan fingerprint density at radius 2 is 1.34 bits per heavy atom. The van der Waals surface area contributed by atoms with E-state index in [2.05, 4.69) is 38.1 Å². The fourth-order valence-corrected chi connectivity index (χ4v) is 4.12. The first-order valence-corrected chi connectivity index (χ1v) is 10.6. The monoisotopic (exact) mass is 392 g/mol. The van der Waals surface area contributed by atoms with Gasteiger partial charge in [0, 0.05) is 38.5 Å². The summed E-state index contributed by atoms with van der Waals surface area (Å²) in [5.74, 6) is 0.375. The van der Waals surface area contributed by atoms with E-state index in [9.17, 15) is 9.59 Å². The van der Waals surface area contributed by atoms with Gasteiger partial charge < -0.3 is 9.80 Å². The van der Waals surface area contributed by atoms with Crippen LogP contribution in [0, 0.1) is 13.8 Å². The first kappa shape index (κ1) is 21.1. The summed E-state index contributed by atoms with van der Waals surface area (Å²) in [6.45, 7) is 8.11. The lowest BCUT2D eigenvalue weighted by molar-refractivity contribution is -0.142. The first-order valence-electron chi connectivity index (χ1n) is 10.6. The predicted octanol–water partition coefficient (Wildman–Crippen LogP) is 3.93. The van der Waals surface area contributed by atoms with Crippen molar-refractivity contribution in [1.82, 2.24) is 9.80 Å². The van der Waals surface area contributed by atoms with E-state index in [0.717, 1.165) is 12.8 Å². The fraction of sp³-hybridized carbons (Fsp3) is 0.440. The predicted molar refractivity (Wildman–Crippen MR) is 117 cm³/mol. The molecular formula is C25H32N2O2. The van der Waals surface area contributed by atoms with Crippen LogP contribution in [0.1, 0.15) is 42.0 Å². The van der Waals surface area contributed by atoms with E-state index in [1.54, 1.807) is 0 Å². The van der Waals surface area contributed by atoms with Crippen LogP contribution >= 0.6 is 0 Å². The van der Waals surface area contributed by atoms with E-state index in [0.29, 0.717) is 32.5 Å².